The highest BCUT2D eigenvalue weighted by Gasteiger charge is 2.00. The van der Waals surface area contributed by atoms with Crippen LogP contribution in [0.5, 0.6) is 0 Å². The number of rotatable bonds is 2. The smallest absolute Gasteiger partial charge is 0.263 e. The molecule has 1 N–H and O–H groups in total. The molecular formula is HO5PS. The van der Waals surface area contributed by atoms with Crippen LogP contribution in [0.3, 0.4) is 0 Å². The van der Waals surface area contributed by atoms with Crippen LogP contribution in [0.4, 0.5) is 0 Å². The van der Waals surface area contributed by atoms with Crippen molar-refractivity contribution in [3.8, 4) is 0 Å². The molecule has 0 aromatic carbocycles. The fraction of sp³-hybridized carbons (Fsp3) is 0. The standard InChI is InChI=1S/HO5PS/c1-6-5-7(2,3)4/h(H,2,3,4). The third kappa shape index (κ3) is 5.97. The summed E-state index contributed by atoms with van der Waals surface area (Å²) in [5, 5.41) is 0. The maximum Gasteiger partial charge on any atom is 0.407 e. The van der Waals surface area contributed by atoms with E-state index in [0.717, 1.165) is 0 Å². The monoisotopic (exact) mass is 144 g/mol. The van der Waals surface area contributed by atoms with Crippen LogP contribution in [-0.2, 0) is 18.9 Å². The van der Waals surface area contributed by atoms with Crippen LogP contribution < -0.4 is 0 Å². The predicted molar refractivity (Wildman–Crippen MR) is 20.2 cm³/mol. The minimum atomic E-state index is -4.50. The van der Waals surface area contributed by atoms with Gasteiger partial charge in [-0.15, -0.1) is 3.97 Å². The average Bonchev–Trinajstić information content (AvgIpc) is 1.30. The minimum Gasteiger partial charge on any atom is -0.263 e. The Bertz CT molecular complexity index is 141. The van der Waals surface area contributed by atoms with E-state index in [-0.39, 0.29) is 0 Å². The van der Waals surface area contributed by atoms with E-state index in [1.54, 1.807) is 0 Å². The van der Waals surface area contributed by atoms with Gasteiger partial charge in [-0.2, -0.15) is 8.42 Å². The molecule has 0 radical (unpaired) electrons. The second-order valence-corrected chi connectivity index (χ2v) is 2.18. The Morgan fingerprint density at radius 1 is 1.57 bits per heavy atom. The van der Waals surface area contributed by atoms with E-state index in [4.69, 9.17) is 9.12 Å². The summed E-state index contributed by atoms with van der Waals surface area (Å²) in [5.41, 5.74) is 0. The van der Waals surface area contributed by atoms with Gasteiger partial charge in [-0.05, 0) is 0 Å². The van der Waals surface area contributed by atoms with E-state index in [1.165, 1.54) is 0 Å². The molecule has 0 aliphatic heterocycles. The van der Waals surface area contributed by atoms with E-state index in [0.29, 0.717) is 0 Å². The molecule has 0 amide bonds. The van der Waals surface area contributed by atoms with Gasteiger partial charge in [0.25, 0.3) is 0 Å². The summed E-state index contributed by atoms with van der Waals surface area (Å²) in [7, 11) is -5.58. The van der Waals surface area contributed by atoms with E-state index < -0.39 is 19.1 Å². The zero-order chi connectivity index (χ0) is 5.91. The van der Waals surface area contributed by atoms with Gasteiger partial charge in [-0.1, -0.05) is 0 Å². The van der Waals surface area contributed by atoms with Crippen LogP contribution >= 0.6 is 8.69 Å². The maximum absolute atomic E-state index is 9.36. The van der Waals surface area contributed by atoms with Crippen molar-refractivity contribution < 1.29 is 21.5 Å². The summed E-state index contributed by atoms with van der Waals surface area (Å²) in [4.78, 5) is 0. The van der Waals surface area contributed by atoms with Crippen molar-refractivity contribution in [1.29, 1.82) is 0 Å². The first-order chi connectivity index (χ1) is 3.06. The van der Waals surface area contributed by atoms with Gasteiger partial charge in [0.2, 0.25) is 0 Å². The molecule has 0 spiro atoms. The SMILES string of the molecule is O=POS(=O)(=O)O. The Morgan fingerprint density at radius 3 is 2.00 bits per heavy atom. The van der Waals surface area contributed by atoms with Crippen LogP contribution in [0.25, 0.3) is 0 Å². The molecule has 0 aliphatic carbocycles. The lowest BCUT2D eigenvalue weighted by Gasteiger charge is -1.79. The lowest BCUT2D eigenvalue weighted by atomic mass is 15.8. The molecule has 0 aromatic rings. The number of hydrogen-bond acceptors (Lipinski definition) is 4. The first-order valence-electron chi connectivity index (χ1n) is 1.05. The maximum atomic E-state index is 9.36. The van der Waals surface area contributed by atoms with Crippen LogP contribution in [0.2, 0.25) is 0 Å². The first-order valence-corrected chi connectivity index (χ1v) is 3.14. The molecule has 0 atom stereocenters. The topological polar surface area (TPSA) is 80.7 Å². The Hall–Kier alpha value is -0.0300. The molecular weight excluding hydrogens is 143 g/mol. The molecule has 0 fully saturated rings. The average molecular weight is 144 g/mol. The minimum absolute atomic E-state index is 1.08. The number of hydrogen-bond donors (Lipinski definition) is 1. The van der Waals surface area contributed by atoms with E-state index in [1.807, 2.05) is 0 Å². The van der Waals surface area contributed by atoms with Crippen molar-refractivity contribution in [3.05, 3.63) is 0 Å². The van der Waals surface area contributed by atoms with E-state index in [2.05, 4.69) is 3.97 Å². The molecule has 0 saturated heterocycles. The van der Waals surface area contributed by atoms with Crippen molar-refractivity contribution in [1.82, 2.24) is 0 Å². The molecule has 0 aliphatic rings. The van der Waals surface area contributed by atoms with Gasteiger partial charge in [-0.25, -0.2) is 4.57 Å². The van der Waals surface area contributed by atoms with Gasteiger partial charge in [0.15, 0.2) is 0 Å². The van der Waals surface area contributed by atoms with Crippen LogP contribution in [0.15, 0.2) is 0 Å². The van der Waals surface area contributed by atoms with Crippen LogP contribution in [-0.4, -0.2) is 13.0 Å². The van der Waals surface area contributed by atoms with Gasteiger partial charge >= 0.3 is 19.1 Å². The van der Waals surface area contributed by atoms with Gasteiger partial charge in [0.1, 0.15) is 0 Å². The summed E-state index contributed by atoms with van der Waals surface area (Å²) in [6, 6.07) is 0. The lowest BCUT2D eigenvalue weighted by Crippen LogP contribution is -1.92. The van der Waals surface area contributed by atoms with Crippen molar-refractivity contribution in [2.75, 3.05) is 0 Å². The van der Waals surface area contributed by atoms with Gasteiger partial charge in [0.05, 0.1) is 0 Å². The van der Waals surface area contributed by atoms with Gasteiger partial charge in [0, 0.05) is 0 Å². The fourth-order valence-electron chi connectivity index (χ4n) is 0.0385. The molecule has 0 saturated carbocycles. The van der Waals surface area contributed by atoms with Crippen molar-refractivity contribution in [3.63, 3.8) is 0 Å². The van der Waals surface area contributed by atoms with Crippen molar-refractivity contribution in [2.24, 2.45) is 0 Å². The Kier molecular flexibility index (Phi) is 2.31. The molecule has 7 heteroatoms. The van der Waals surface area contributed by atoms with Crippen LogP contribution in [0.1, 0.15) is 0 Å². The zero-order valence-electron chi connectivity index (χ0n) is 2.94. The highest BCUT2D eigenvalue weighted by atomic mass is 32.3. The zero-order valence-corrected chi connectivity index (χ0v) is 4.65. The van der Waals surface area contributed by atoms with Crippen molar-refractivity contribution >= 4 is 19.1 Å². The van der Waals surface area contributed by atoms with Crippen molar-refractivity contribution in [2.45, 2.75) is 0 Å². The van der Waals surface area contributed by atoms with E-state index >= 15 is 0 Å². The van der Waals surface area contributed by atoms with E-state index in [9.17, 15) is 8.42 Å². The highest BCUT2D eigenvalue weighted by Crippen LogP contribution is 1.98. The summed E-state index contributed by atoms with van der Waals surface area (Å²) in [6.07, 6.45) is 0. The largest absolute Gasteiger partial charge is 0.407 e. The van der Waals surface area contributed by atoms with Gasteiger partial charge < -0.3 is 0 Å². The third-order valence-electron chi connectivity index (χ3n) is 0.125. The lowest BCUT2D eigenvalue weighted by molar-refractivity contribution is 0.395. The highest BCUT2D eigenvalue weighted by molar-refractivity contribution is 7.83. The summed E-state index contributed by atoms with van der Waals surface area (Å²) < 4.78 is 38.6. The molecule has 0 rings (SSSR count). The molecule has 0 unspecified atom stereocenters. The Morgan fingerprint density at radius 2 is 2.00 bits per heavy atom. The Labute approximate surface area is 41.5 Å². The summed E-state index contributed by atoms with van der Waals surface area (Å²) in [5.74, 6) is 0. The summed E-state index contributed by atoms with van der Waals surface area (Å²) in [6.45, 7) is 0. The van der Waals surface area contributed by atoms with Crippen LogP contribution in [0, 0.1) is 0 Å². The second kappa shape index (κ2) is 2.32. The quantitative estimate of drug-likeness (QED) is 0.436. The van der Waals surface area contributed by atoms with Gasteiger partial charge in [-0.3, -0.25) is 4.55 Å². The molecule has 5 nitrogen and oxygen atoms in total. The molecule has 0 aromatic heterocycles. The molecule has 42 valence electrons. The molecule has 0 bridgehead atoms. The molecule has 7 heavy (non-hydrogen) atoms. The first kappa shape index (κ1) is 6.97. The summed E-state index contributed by atoms with van der Waals surface area (Å²) >= 11 is 0. The Balaban J connectivity index is 3.84. The third-order valence-corrected chi connectivity index (χ3v) is 1.12. The molecule has 0 heterocycles. The normalized spacial score (nSPS) is 12.1. The fourth-order valence-corrected chi connectivity index (χ4v) is 0.346. The predicted octanol–water partition coefficient (Wildman–Crippen LogP) is 0.0125. The second-order valence-electron chi connectivity index (χ2n) is 0.577.